The molecule has 0 spiro atoms. The van der Waals surface area contributed by atoms with Crippen LogP contribution in [0.5, 0.6) is 0 Å². The second kappa shape index (κ2) is 9.12. The van der Waals surface area contributed by atoms with Crippen molar-refractivity contribution in [1.29, 1.82) is 5.26 Å². The normalized spacial score (nSPS) is 11.0. The average Bonchev–Trinajstić information content (AvgIpc) is 3.20. The number of amides is 1. The molecule has 0 radical (unpaired) electrons. The van der Waals surface area contributed by atoms with Gasteiger partial charge in [-0.3, -0.25) is 14.8 Å². The molecule has 0 saturated carbocycles. The molecular weight excluding hydrogens is 467 g/mol. The maximum Gasteiger partial charge on any atom is 0.251 e. The van der Waals surface area contributed by atoms with E-state index in [9.17, 15) is 14.4 Å². The quantitative estimate of drug-likeness (QED) is 0.341. The first-order chi connectivity index (χ1) is 16.9. The summed E-state index contributed by atoms with van der Waals surface area (Å²) in [5.41, 5.74) is 4.66. The fourth-order valence-corrected chi connectivity index (χ4v) is 4.17. The van der Waals surface area contributed by atoms with Crippen LogP contribution < -0.4 is 5.32 Å². The van der Waals surface area contributed by atoms with Gasteiger partial charge in [-0.1, -0.05) is 11.6 Å². The predicted octanol–water partition coefficient (Wildman–Crippen LogP) is 5.00. The molecule has 35 heavy (non-hydrogen) atoms. The molecule has 4 aromatic heterocycles. The van der Waals surface area contributed by atoms with Crippen LogP contribution in [0.15, 0.2) is 55.0 Å². The van der Waals surface area contributed by atoms with E-state index in [4.69, 9.17) is 11.6 Å². The van der Waals surface area contributed by atoms with Crippen molar-refractivity contribution in [2.24, 2.45) is 0 Å². The van der Waals surface area contributed by atoms with Crippen LogP contribution in [-0.2, 0) is 13.0 Å². The molecule has 0 fully saturated rings. The summed E-state index contributed by atoms with van der Waals surface area (Å²) in [5, 5.41) is 14.2. The first kappa shape index (κ1) is 22.4. The van der Waals surface area contributed by atoms with E-state index in [1.54, 1.807) is 36.7 Å². The molecular formula is C26H18ClFN6O. The van der Waals surface area contributed by atoms with Crippen LogP contribution in [0, 0.1) is 24.2 Å². The van der Waals surface area contributed by atoms with Crippen molar-refractivity contribution in [2.45, 2.75) is 19.9 Å². The third-order valence-electron chi connectivity index (χ3n) is 5.65. The van der Waals surface area contributed by atoms with E-state index in [1.165, 1.54) is 6.20 Å². The summed E-state index contributed by atoms with van der Waals surface area (Å²) in [6, 6.07) is 12.8. The topological polar surface area (TPSA) is 107 Å². The van der Waals surface area contributed by atoms with Crippen LogP contribution in [0.3, 0.4) is 0 Å². The maximum atomic E-state index is 14.3. The number of hydrogen-bond donors (Lipinski definition) is 2. The number of halogens is 2. The molecule has 0 atom stereocenters. The molecule has 2 N–H and O–H groups in total. The summed E-state index contributed by atoms with van der Waals surface area (Å²) in [4.78, 5) is 28.2. The number of nitrogens with zero attached hydrogens (tertiary/aromatic N) is 4. The van der Waals surface area contributed by atoms with Crippen molar-refractivity contribution in [3.63, 3.8) is 0 Å². The van der Waals surface area contributed by atoms with Crippen LogP contribution in [0.4, 0.5) is 4.39 Å². The third-order valence-corrected chi connectivity index (χ3v) is 5.96. The summed E-state index contributed by atoms with van der Waals surface area (Å²) in [7, 11) is 0. The molecule has 1 aromatic carbocycles. The lowest BCUT2D eigenvalue weighted by Gasteiger charge is -2.09. The molecule has 9 heteroatoms. The zero-order chi connectivity index (χ0) is 24.5. The third kappa shape index (κ3) is 4.54. The molecule has 1 amide bonds. The van der Waals surface area contributed by atoms with E-state index in [0.29, 0.717) is 44.8 Å². The minimum absolute atomic E-state index is 0.0463. The van der Waals surface area contributed by atoms with Gasteiger partial charge in [-0.25, -0.2) is 4.98 Å². The minimum atomic E-state index is -0.680. The summed E-state index contributed by atoms with van der Waals surface area (Å²) in [6.07, 6.45) is 5.25. The Hall–Kier alpha value is -4.35. The minimum Gasteiger partial charge on any atom is -0.348 e. The number of nitrogens with one attached hydrogen (secondary N) is 2. The SMILES string of the molecule is Cc1cnc2c(C#N)cc(Cc3cc(C(=O)NCc4cc5c(Cl)c[nH]c5nc4F)ccn3)cc2c1. The van der Waals surface area contributed by atoms with Gasteiger partial charge in [-0.05, 0) is 54.4 Å². The summed E-state index contributed by atoms with van der Waals surface area (Å²) in [6.45, 7) is 1.90. The van der Waals surface area contributed by atoms with Gasteiger partial charge in [0, 0.05) is 59.1 Å². The number of aromatic nitrogens is 4. The number of fused-ring (bicyclic) bond motifs is 2. The molecule has 0 aliphatic rings. The molecule has 0 aliphatic carbocycles. The Bertz CT molecular complexity index is 1660. The van der Waals surface area contributed by atoms with Crippen molar-refractivity contribution in [3.05, 3.63) is 99.5 Å². The van der Waals surface area contributed by atoms with E-state index < -0.39 is 5.95 Å². The van der Waals surface area contributed by atoms with Gasteiger partial charge in [-0.15, -0.1) is 0 Å². The number of rotatable bonds is 5. The van der Waals surface area contributed by atoms with E-state index in [-0.39, 0.29) is 18.0 Å². The lowest BCUT2D eigenvalue weighted by Crippen LogP contribution is -2.23. The highest BCUT2D eigenvalue weighted by molar-refractivity contribution is 6.35. The van der Waals surface area contributed by atoms with Crippen LogP contribution in [0.2, 0.25) is 5.02 Å². The Morgan fingerprint density at radius 1 is 1.23 bits per heavy atom. The standard InChI is InChI=1S/C26H18ClFN6O/c1-14-4-17-5-15(6-18(10-29)23(17)31-11-14)7-20-8-16(2-3-30-20)26(35)33-12-19-9-21-22(27)13-32-25(21)34-24(19)28/h2-6,8-9,11,13H,7,12H2,1H3,(H,32,34)(H,33,35). The highest BCUT2D eigenvalue weighted by Gasteiger charge is 2.13. The largest absolute Gasteiger partial charge is 0.348 e. The van der Waals surface area contributed by atoms with Crippen molar-refractivity contribution in [2.75, 3.05) is 0 Å². The summed E-state index contributed by atoms with van der Waals surface area (Å²) in [5.74, 6) is -1.05. The molecule has 0 unspecified atom stereocenters. The first-order valence-electron chi connectivity index (χ1n) is 10.8. The van der Waals surface area contributed by atoms with Crippen LogP contribution in [0.1, 0.15) is 38.3 Å². The summed E-state index contributed by atoms with van der Waals surface area (Å²) >= 11 is 6.09. The molecule has 0 aliphatic heterocycles. The van der Waals surface area contributed by atoms with Gasteiger partial charge >= 0.3 is 0 Å². The number of aromatic amines is 1. The number of carbonyl (C=O) groups excluding carboxylic acids is 1. The van der Waals surface area contributed by atoms with Gasteiger partial charge < -0.3 is 10.3 Å². The fraction of sp³-hybridized carbons (Fsp3) is 0.115. The average molecular weight is 485 g/mol. The number of nitriles is 1. The Morgan fingerprint density at radius 2 is 2.09 bits per heavy atom. The number of carbonyl (C=O) groups is 1. The van der Waals surface area contributed by atoms with Gasteiger partial charge in [0.25, 0.3) is 5.91 Å². The predicted molar refractivity (Wildman–Crippen MR) is 130 cm³/mol. The van der Waals surface area contributed by atoms with E-state index in [0.717, 1.165) is 16.5 Å². The molecule has 4 heterocycles. The maximum absolute atomic E-state index is 14.3. The van der Waals surface area contributed by atoms with Gasteiger partial charge in [0.1, 0.15) is 11.7 Å². The Labute approximate surface area is 204 Å². The lowest BCUT2D eigenvalue weighted by atomic mass is 10.0. The van der Waals surface area contributed by atoms with Gasteiger partial charge in [0.2, 0.25) is 5.95 Å². The van der Waals surface area contributed by atoms with E-state index in [1.807, 2.05) is 19.1 Å². The van der Waals surface area contributed by atoms with Crippen molar-refractivity contribution < 1.29 is 9.18 Å². The molecule has 0 saturated heterocycles. The number of aryl methyl sites for hydroxylation is 1. The number of H-pyrrole nitrogens is 1. The van der Waals surface area contributed by atoms with E-state index in [2.05, 4.69) is 31.3 Å². The van der Waals surface area contributed by atoms with Crippen molar-refractivity contribution >= 4 is 39.4 Å². The monoisotopic (exact) mass is 484 g/mol. The molecule has 5 rings (SSSR count). The van der Waals surface area contributed by atoms with Gasteiger partial charge in [-0.2, -0.15) is 9.65 Å². The number of benzene rings is 1. The smallest absolute Gasteiger partial charge is 0.251 e. The second-order valence-electron chi connectivity index (χ2n) is 8.21. The van der Waals surface area contributed by atoms with E-state index >= 15 is 0 Å². The summed E-state index contributed by atoms with van der Waals surface area (Å²) < 4.78 is 14.3. The van der Waals surface area contributed by atoms with Crippen LogP contribution in [0.25, 0.3) is 21.9 Å². The lowest BCUT2D eigenvalue weighted by molar-refractivity contribution is 0.0950. The molecule has 7 nitrogen and oxygen atoms in total. The molecule has 172 valence electrons. The zero-order valence-electron chi connectivity index (χ0n) is 18.6. The second-order valence-corrected chi connectivity index (χ2v) is 8.61. The highest BCUT2D eigenvalue weighted by atomic mass is 35.5. The van der Waals surface area contributed by atoms with Crippen LogP contribution in [-0.4, -0.2) is 25.8 Å². The Kier molecular flexibility index (Phi) is 5.85. The molecule has 0 bridgehead atoms. The van der Waals surface area contributed by atoms with Gasteiger partial charge in [0.15, 0.2) is 0 Å². The number of hydrogen-bond acceptors (Lipinski definition) is 5. The number of pyridine rings is 3. The van der Waals surface area contributed by atoms with Gasteiger partial charge in [0.05, 0.1) is 16.1 Å². The zero-order valence-corrected chi connectivity index (χ0v) is 19.3. The fourth-order valence-electron chi connectivity index (χ4n) is 3.97. The van der Waals surface area contributed by atoms with Crippen molar-refractivity contribution in [1.82, 2.24) is 25.3 Å². The molecule has 5 aromatic rings. The highest BCUT2D eigenvalue weighted by Crippen LogP contribution is 2.24. The van der Waals surface area contributed by atoms with Crippen molar-refractivity contribution in [3.8, 4) is 6.07 Å². The Balaban J connectivity index is 1.35. The first-order valence-corrected chi connectivity index (χ1v) is 11.1. The van der Waals surface area contributed by atoms with Crippen LogP contribution >= 0.6 is 11.6 Å². The Morgan fingerprint density at radius 3 is 2.91 bits per heavy atom.